The molecule has 2 aromatic rings. The number of benzene rings is 2. The fraction of sp³-hybridized carbons (Fsp3) is 0.0909. The van der Waals surface area contributed by atoms with Gasteiger partial charge in [-0.15, -0.1) is 13.2 Å². The van der Waals surface area contributed by atoms with Gasteiger partial charge in [0, 0.05) is 16.5 Å². The van der Waals surface area contributed by atoms with Crippen LogP contribution in [0.4, 0.5) is 18.9 Å². The van der Waals surface area contributed by atoms with Crippen LogP contribution in [0.1, 0.15) is 0 Å². The highest BCUT2D eigenvalue weighted by Crippen LogP contribution is 2.32. The molecule has 2 nitrogen and oxygen atoms in total. The lowest BCUT2D eigenvalue weighted by atomic mass is 10.1. The average Bonchev–Trinajstić information content (AvgIpc) is 2.17. The Labute approximate surface area is 89.4 Å². The summed E-state index contributed by atoms with van der Waals surface area (Å²) in [4.78, 5) is 0. The van der Waals surface area contributed by atoms with Gasteiger partial charge in [-0.05, 0) is 12.1 Å². The molecule has 5 heteroatoms. The smallest absolute Gasteiger partial charge is 0.405 e. The van der Waals surface area contributed by atoms with Crippen LogP contribution >= 0.6 is 0 Å². The Balaban J connectivity index is 2.58. The summed E-state index contributed by atoms with van der Waals surface area (Å²) in [5, 5.41) is 0.893. The van der Waals surface area contributed by atoms with Crippen molar-refractivity contribution in [2.24, 2.45) is 0 Å². The van der Waals surface area contributed by atoms with Crippen LogP contribution in [0, 0.1) is 0 Å². The molecule has 0 aliphatic rings. The molecule has 0 bridgehead atoms. The number of alkyl halides is 3. The Bertz CT molecular complexity index is 522. The van der Waals surface area contributed by atoms with E-state index in [0.29, 0.717) is 16.5 Å². The standard InChI is InChI=1S/C11H8F3NO/c12-11(13,14)16-10-6-2-3-7-8(10)4-1-5-9(7)15/h1-6H,15H2. The largest absolute Gasteiger partial charge is 0.573 e. The van der Waals surface area contributed by atoms with Crippen LogP contribution in [0.5, 0.6) is 5.75 Å². The number of anilines is 1. The summed E-state index contributed by atoms with van der Waals surface area (Å²) in [5.41, 5.74) is 6.07. The molecule has 2 N–H and O–H groups in total. The Kier molecular flexibility index (Phi) is 2.38. The van der Waals surface area contributed by atoms with Crippen molar-refractivity contribution < 1.29 is 17.9 Å². The summed E-state index contributed by atoms with van der Waals surface area (Å²) >= 11 is 0. The second-order valence-corrected chi connectivity index (χ2v) is 3.25. The van der Waals surface area contributed by atoms with Gasteiger partial charge in [0.05, 0.1) is 0 Å². The van der Waals surface area contributed by atoms with Crippen LogP contribution in [-0.4, -0.2) is 6.36 Å². The number of hydrogen-bond donors (Lipinski definition) is 1. The highest BCUT2D eigenvalue weighted by molar-refractivity contribution is 5.96. The number of hydrogen-bond acceptors (Lipinski definition) is 2. The van der Waals surface area contributed by atoms with E-state index in [1.54, 1.807) is 18.2 Å². The van der Waals surface area contributed by atoms with Gasteiger partial charge in [0.1, 0.15) is 5.75 Å². The molecule has 0 saturated carbocycles. The molecule has 0 radical (unpaired) electrons. The van der Waals surface area contributed by atoms with E-state index in [9.17, 15) is 13.2 Å². The van der Waals surface area contributed by atoms with E-state index in [2.05, 4.69) is 4.74 Å². The van der Waals surface area contributed by atoms with Crippen LogP contribution in [-0.2, 0) is 0 Å². The van der Waals surface area contributed by atoms with E-state index in [1.807, 2.05) is 0 Å². The van der Waals surface area contributed by atoms with Gasteiger partial charge in [-0.1, -0.05) is 24.3 Å². The van der Waals surface area contributed by atoms with Crippen molar-refractivity contribution in [1.29, 1.82) is 0 Å². The van der Waals surface area contributed by atoms with Crippen molar-refractivity contribution in [2.45, 2.75) is 6.36 Å². The monoisotopic (exact) mass is 227 g/mol. The van der Waals surface area contributed by atoms with E-state index >= 15 is 0 Å². The minimum atomic E-state index is -4.70. The number of nitrogens with two attached hydrogens (primary N) is 1. The van der Waals surface area contributed by atoms with Gasteiger partial charge >= 0.3 is 6.36 Å². The maximum absolute atomic E-state index is 12.1. The molecule has 0 fully saturated rings. The molecular formula is C11H8F3NO. The minimum Gasteiger partial charge on any atom is -0.405 e. The van der Waals surface area contributed by atoms with Crippen molar-refractivity contribution in [3.8, 4) is 5.75 Å². The molecule has 0 unspecified atom stereocenters. The molecule has 0 atom stereocenters. The molecule has 2 aromatic carbocycles. The third-order valence-corrected chi connectivity index (χ3v) is 2.14. The van der Waals surface area contributed by atoms with E-state index in [1.165, 1.54) is 18.2 Å². The first kappa shape index (κ1) is 10.6. The van der Waals surface area contributed by atoms with Gasteiger partial charge in [0.2, 0.25) is 0 Å². The van der Waals surface area contributed by atoms with Gasteiger partial charge < -0.3 is 10.5 Å². The van der Waals surface area contributed by atoms with Gasteiger partial charge in [0.25, 0.3) is 0 Å². The summed E-state index contributed by atoms with van der Waals surface area (Å²) in [6.45, 7) is 0. The molecule has 2 rings (SSSR count). The first-order valence-corrected chi connectivity index (χ1v) is 4.50. The van der Waals surface area contributed by atoms with E-state index in [0.717, 1.165) is 0 Å². The van der Waals surface area contributed by atoms with Crippen molar-refractivity contribution in [3.63, 3.8) is 0 Å². The molecule has 0 heterocycles. The second-order valence-electron chi connectivity index (χ2n) is 3.25. The number of halogens is 3. The van der Waals surface area contributed by atoms with Crippen molar-refractivity contribution in [2.75, 3.05) is 5.73 Å². The highest BCUT2D eigenvalue weighted by atomic mass is 19.4. The van der Waals surface area contributed by atoms with Crippen LogP contribution in [0.3, 0.4) is 0 Å². The fourth-order valence-electron chi connectivity index (χ4n) is 1.52. The number of ether oxygens (including phenoxy) is 1. The van der Waals surface area contributed by atoms with E-state index in [-0.39, 0.29) is 5.75 Å². The zero-order valence-corrected chi connectivity index (χ0v) is 8.08. The molecular weight excluding hydrogens is 219 g/mol. The third kappa shape index (κ3) is 2.03. The lowest BCUT2D eigenvalue weighted by Gasteiger charge is -2.11. The van der Waals surface area contributed by atoms with Crippen LogP contribution in [0.25, 0.3) is 10.8 Å². The maximum atomic E-state index is 12.1. The summed E-state index contributed by atoms with van der Waals surface area (Å²) < 4.78 is 40.3. The van der Waals surface area contributed by atoms with Crippen molar-refractivity contribution >= 4 is 16.5 Å². The SMILES string of the molecule is Nc1cccc2c(OC(F)(F)F)cccc12. The van der Waals surface area contributed by atoms with Gasteiger partial charge in [0.15, 0.2) is 0 Å². The maximum Gasteiger partial charge on any atom is 0.573 e. The lowest BCUT2D eigenvalue weighted by Crippen LogP contribution is -2.17. The first-order chi connectivity index (χ1) is 7.47. The zero-order chi connectivity index (χ0) is 11.8. The summed E-state index contributed by atoms with van der Waals surface area (Å²) in [6.07, 6.45) is -4.70. The molecule has 0 aliphatic heterocycles. The van der Waals surface area contributed by atoms with Crippen LogP contribution in [0.15, 0.2) is 36.4 Å². The predicted octanol–water partition coefficient (Wildman–Crippen LogP) is 3.32. The molecule has 0 aromatic heterocycles. The average molecular weight is 227 g/mol. The first-order valence-electron chi connectivity index (χ1n) is 4.50. The topological polar surface area (TPSA) is 35.2 Å². The van der Waals surface area contributed by atoms with Gasteiger partial charge in [-0.25, -0.2) is 0 Å². The van der Waals surface area contributed by atoms with Gasteiger partial charge in [-0.2, -0.15) is 0 Å². The summed E-state index contributed by atoms with van der Waals surface area (Å²) in [5.74, 6) is -0.239. The zero-order valence-electron chi connectivity index (χ0n) is 8.08. The quantitative estimate of drug-likeness (QED) is 0.758. The third-order valence-electron chi connectivity index (χ3n) is 2.14. The lowest BCUT2D eigenvalue weighted by molar-refractivity contribution is -0.274. The molecule has 0 aliphatic carbocycles. The molecule has 0 spiro atoms. The number of nitrogen functional groups attached to an aromatic ring is 1. The summed E-state index contributed by atoms with van der Waals surface area (Å²) in [7, 11) is 0. The normalized spacial score (nSPS) is 11.7. The fourth-order valence-corrected chi connectivity index (χ4v) is 1.52. The molecule has 84 valence electrons. The Hall–Kier alpha value is -1.91. The molecule has 16 heavy (non-hydrogen) atoms. The number of fused-ring (bicyclic) bond motifs is 1. The number of rotatable bonds is 1. The van der Waals surface area contributed by atoms with Crippen molar-refractivity contribution in [3.05, 3.63) is 36.4 Å². The Morgan fingerprint density at radius 1 is 0.938 bits per heavy atom. The Morgan fingerprint density at radius 2 is 1.56 bits per heavy atom. The predicted molar refractivity (Wildman–Crippen MR) is 55.0 cm³/mol. The summed E-state index contributed by atoms with van der Waals surface area (Å²) in [6, 6.07) is 9.12. The van der Waals surface area contributed by atoms with E-state index < -0.39 is 6.36 Å². The van der Waals surface area contributed by atoms with Gasteiger partial charge in [-0.3, -0.25) is 0 Å². The second kappa shape index (κ2) is 3.59. The molecule has 0 saturated heterocycles. The van der Waals surface area contributed by atoms with Crippen molar-refractivity contribution in [1.82, 2.24) is 0 Å². The van der Waals surface area contributed by atoms with Crippen LogP contribution in [0.2, 0.25) is 0 Å². The van der Waals surface area contributed by atoms with E-state index in [4.69, 9.17) is 5.73 Å². The highest BCUT2D eigenvalue weighted by Gasteiger charge is 2.31. The minimum absolute atomic E-state index is 0.239. The molecule has 0 amide bonds. The van der Waals surface area contributed by atoms with Crippen LogP contribution < -0.4 is 10.5 Å². The Morgan fingerprint density at radius 3 is 2.25 bits per heavy atom.